The van der Waals surface area contributed by atoms with Crippen molar-refractivity contribution in [3.8, 4) is 0 Å². The van der Waals surface area contributed by atoms with E-state index in [2.05, 4.69) is 5.09 Å². The second-order valence-corrected chi connectivity index (χ2v) is 13.1. The SMILES string of the molecule is CO[C@]1(CO[P@](=O)(N[C@@H](C)C(=O)OC(C)C)OCCSC(=O)C(C)(C)C)O[C@@H](n2ccc(=O)[nH]c2=O)[C@H](O)[C@@H]1O. The van der Waals surface area contributed by atoms with Gasteiger partial charge in [0.1, 0.15) is 24.9 Å². The first kappa shape index (κ1) is 34.3. The Morgan fingerprint density at radius 1 is 1.25 bits per heavy atom. The molecule has 40 heavy (non-hydrogen) atoms. The zero-order valence-corrected chi connectivity index (χ0v) is 25.2. The van der Waals surface area contributed by atoms with E-state index < -0.39 is 73.4 Å². The van der Waals surface area contributed by atoms with Crippen LogP contribution in [0.4, 0.5) is 0 Å². The third kappa shape index (κ3) is 8.81. The summed E-state index contributed by atoms with van der Waals surface area (Å²) in [4.78, 5) is 50.2. The van der Waals surface area contributed by atoms with E-state index in [4.69, 9.17) is 23.3 Å². The van der Waals surface area contributed by atoms with E-state index in [1.807, 2.05) is 4.98 Å². The van der Waals surface area contributed by atoms with Gasteiger partial charge in [0.15, 0.2) is 11.3 Å². The van der Waals surface area contributed by atoms with Gasteiger partial charge in [0, 0.05) is 30.5 Å². The van der Waals surface area contributed by atoms with Crippen LogP contribution in [0.1, 0.15) is 47.8 Å². The van der Waals surface area contributed by atoms with Gasteiger partial charge >= 0.3 is 19.4 Å². The normalized spacial score (nSPS) is 25.5. The number of esters is 1. The molecule has 4 N–H and O–H groups in total. The molecule has 1 fully saturated rings. The highest BCUT2D eigenvalue weighted by Gasteiger charge is 2.57. The van der Waals surface area contributed by atoms with Crippen molar-refractivity contribution in [3.63, 3.8) is 0 Å². The number of hydrogen-bond acceptors (Lipinski definition) is 13. The molecule has 1 aromatic heterocycles. The quantitative estimate of drug-likeness (QED) is 0.136. The highest BCUT2D eigenvalue weighted by Crippen LogP contribution is 2.48. The van der Waals surface area contributed by atoms with Crippen molar-refractivity contribution in [2.75, 3.05) is 26.1 Å². The number of aromatic nitrogens is 2. The average Bonchev–Trinajstić information content (AvgIpc) is 3.10. The summed E-state index contributed by atoms with van der Waals surface area (Å²) in [6.07, 6.45) is -4.47. The van der Waals surface area contributed by atoms with Crippen LogP contribution in [0.3, 0.4) is 0 Å². The molecule has 17 heteroatoms. The van der Waals surface area contributed by atoms with E-state index >= 15 is 0 Å². The number of nitrogens with one attached hydrogen (secondary N) is 2. The number of aromatic amines is 1. The molecule has 1 saturated heterocycles. The number of ether oxygens (including phenoxy) is 3. The Labute approximate surface area is 235 Å². The lowest BCUT2D eigenvalue weighted by molar-refractivity contribution is -0.267. The number of thioether (sulfide) groups is 1. The summed E-state index contributed by atoms with van der Waals surface area (Å²) < 4.78 is 41.6. The summed E-state index contributed by atoms with van der Waals surface area (Å²) in [6, 6.07) is -0.151. The minimum absolute atomic E-state index is 0.112. The molecule has 6 atom stereocenters. The Morgan fingerprint density at radius 3 is 2.45 bits per heavy atom. The molecule has 1 aliphatic heterocycles. The number of aliphatic hydroxyl groups excluding tert-OH is 2. The second-order valence-electron chi connectivity index (χ2n) is 10.3. The smallest absolute Gasteiger partial charge is 0.406 e. The lowest BCUT2D eigenvalue weighted by Crippen LogP contribution is -2.49. The molecule has 0 aliphatic carbocycles. The molecule has 1 aromatic rings. The molecular formula is C23H38N3O12PS. The zero-order chi connectivity index (χ0) is 30.5. The maximum absolute atomic E-state index is 13.7. The number of nitrogens with zero attached hydrogens (tertiary/aromatic N) is 1. The molecule has 1 aliphatic rings. The molecule has 0 spiro atoms. The molecule has 0 radical (unpaired) electrons. The van der Waals surface area contributed by atoms with Crippen LogP contribution in [0.5, 0.6) is 0 Å². The Balaban J connectivity index is 2.24. The van der Waals surface area contributed by atoms with Gasteiger partial charge in [-0.2, -0.15) is 0 Å². The molecule has 228 valence electrons. The highest BCUT2D eigenvalue weighted by atomic mass is 32.2. The van der Waals surface area contributed by atoms with Crippen LogP contribution < -0.4 is 16.3 Å². The largest absolute Gasteiger partial charge is 0.462 e. The summed E-state index contributed by atoms with van der Waals surface area (Å²) in [5, 5.41) is 23.7. The molecule has 0 aromatic carbocycles. The molecule has 15 nitrogen and oxygen atoms in total. The lowest BCUT2D eigenvalue weighted by atomic mass is 10.00. The number of aliphatic hydroxyl groups is 2. The first-order valence-electron chi connectivity index (χ1n) is 12.4. The lowest BCUT2D eigenvalue weighted by Gasteiger charge is -2.32. The van der Waals surface area contributed by atoms with Gasteiger partial charge in [0.25, 0.3) is 5.56 Å². The van der Waals surface area contributed by atoms with Crippen LogP contribution in [0, 0.1) is 5.41 Å². The van der Waals surface area contributed by atoms with Crippen LogP contribution in [0.25, 0.3) is 0 Å². The topological polar surface area (TPSA) is 205 Å². The predicted molar refractivity (Wildman–Crippen MR) is 143 cm³/mol. The fraction of sp³-hybridized carbons (Fsp3) is 0.739. The zero-order valence-electron chi connectivity index (χ0n) is 23.4. The van der Waals surface area contributed by atoms with Crippen molar-refractivity contribution in [2.24, 2.45) is 5.41 Å². The standard InChI is InChI=1S/C23H38N3O12PS/c1-13(2)37-19(30)14(3)25-39(33,35-10-11-40-20(31)22(4,5)6)36-12-23(34-7)17(29)16(28)18(38-23)26-9-8-15(27)24-21(26)32/h8-9,13-14,16-18,28-29H,10-12H2,1-7H3,(H,25,33)(H,24,27,32)/t14-,16+,17-,18+,23+,39-/m0/s1. The molecule has 2 heterocycles. The molecule has 0 amide bonds. The molecule has 2 rings (SSSR count). The first-order chi connectivity index (χ1) is 18.4. The monoisotopic (exact) mass is 611 g/mol. The first-order valence-corrected chi connectivity index (χ1v) is 14.9. The molecule has 0 unspecified atom stereocenters. The van der Waals surface area contributed by atoms with Gasteiger partial charge in [0.05, 0.1) is 12.7 Å². The van der Waals surface area contributed by atoms with Crippen molar-refractivity contribution in [1.29, 1.82) is 0 Å². The summed E-state index contributed by atoms with van der Waals surface area (Å²) in [5.41, 5.74) is -2.22. The fourth-order valence-corrected chi connectivity index (χ4v) is 5.77. The van der Waals surface area contributed by atoms with Crippen LogP contribution in [-0.4, -0.2) is 87.1 Å². The maximum Gasteiger partial charge on any atom is 0.406 e. The average molecular weight is 612 g/mol. The third-order valence-corrected chi connectivity index (χ3v) is 8.48. The molecule has 0 bridgehead atoms. The summed E-state index contributed by atoms with van der Waals surface area (Å²) in [6.45, 7) is 8.86. The Bertz CT molecular complexity index is 1200. The van der Waals surface area contributed by atoms with E-state index in [1.165, 1.54) is 6.92 Å². The van der Waals surface area contributed by atoms with E-state index in [1.54, 1.807) is 34.6 Å². The van der Waals surface area contributed by atoms with E-state index in [0.717, 1.165) is 35.7 Å². The summed E-state index contributed by atoms with van der Waals surface area (Å²) in [7, 11) is -3.26. The minimum atomic E-state index is -4.38. The molecular weight excluding hydrogens is 573 g/mol. The summed E-state index contributed by atoms with van der Waals surface area (Å²) >= 11 is 0.966. The second kappa shape index (κ2) is 13.9. The van der Waals surface area contributed by atoms with Crippen LogP contribution in [0.15, 0.2) is 21.9 Å². The number of H-pyrrole nitrogens is 1. The van der Waals surface area contributed by atoms with E-state index in [-0.39, 0.29) is 17.5 Å². The van der Waals surface area contributed by atoms with E-state index in [0.29, 0.717) is 0 Å². The van der Waals surface area contributed by atoms with Gasteiger partial charge in [-0.15, -0.1) is 0 Å². The molecule has 0 saturated carbocycles. The van der Waals surface area contributed by atoms with Gasteiger partial charge < -0.3 is 24.4 Å². The number of methoxy groups -OCH3 is 1. The van der Waals surface area contributed by atoms with Gasteiger partial charge in [-0.1, -0.05) is 32.5 Å². The number of carbonyl (C=O) groups is 2. The van der Waals surface area contributed by atoms with Crippen LogP contribution in [0.2, 0.25) is 0 Å². The maximum atomic E-state index is 13.7. The number of hydrogen-bond donors (Lipinski definition) is 4. The van der Waals surface area contributed by atoms with E-state index in [9.17, 15) is 34.0 Å². The third-order valence-electron chi connectivity index (χ3n) is 5.54. The fourth-order valence-electron chi connectivity index (χ4n) is 3.38. The Hall–Kier alpha value is -1.88. The van der Waals surface area contributed by atoms with Gasteiger partial charge in [0.2, 0.25) is 5.79 Å². The predicted octanol–water partition coefficient (Wildman–Crippen LogP) is 0.507. The van der Waals surface area contributed by atoms with Crippen molar-refractivity contribution in [2.45, 2.75) is 77.9 Å². The minimum Gasteiger partial charge on any atom is -0.462 e. The van der Waals surface area contributed by atoms with Gasteiger partial charge in [-0.25, -0.2) is 14.4 Å². The van der Waals surface area contributed by atoms with Crippen molar-refractivity contribution < 1.29 is 47.6 Å². The highest BCUT2D eigenvalue weighted by molar-refractivity contribution is 8.13. The Morgan fingerprint density at radius 2 is 1.90 bits per heavy atom. The van der Waals surface area contributed by atoms with Gasteiger partial charge in [-0.05, 0) is 20.8 Å². The van der Waals surface area contributed by atoms with Crippen LogP contribution >= 0.6 is 19.5 Å². The van der Waals surface area contributed by atoms with Crippen molar-refractivity contribution in [1.82, 2.24) is 14.6 Å². The summed E-state index contributed by atoms with van der Waals surface area (Å²) in [5.74, 6) is -2.79. The Kier molecular flexibility index (Phi) is 11.9. The van der Waals surface area contributed by atoms with Crippen molar-refractivity contribution in [3.05, 3.63) is 33.1 Å². The van der Waals surface area contributed by atoms with Gasteiger partial charge in [-0.3, -0.25) is 33.0 Å². The van der Waals surface area contributed by atoms with Crippen LogP contribution in [-0.2, 0) is 37.4 Å². The van der Waals surface area contributed by atoms with Crippen molar-refractivity contribution >= 4 is 30.6 Å². The number of rotatable bonds is 13. The number of carbonyl (C=O) groups excluding carboxylic acids is 2.